The number of thioether (sulfide) groups is 1. The Morgan fingerprint density at radius 1 is 0.683 bits per heavy atom. The first kappa shape index (κ1) is 74.9. The quantitative estimate of drug-likeness (QED) is 0.00662. The van der Waals surface area contributed by atoms with Crippen LogP contribution in [0.25, 0.3) is 12.2 Å². The van der Waals surface area contributed by atoms with E-state index < -0.39 is 69.4 Å². The van der Waals surface area contributed by atoms with E-state index >= 15 is 0 Å². The van der Waals surface area contributed by atoms with Crippen molar-refractivity contribution < 1.29 is 58.1 Å². The van der Waals surface area contributed by atoms with Crippen molar-refractivity contribution in [3.63, 3.8) is 0 Å². The van der Waals surface area contributed by atoms with Crippen LogP contribution < -0.4 is 40.4 Å². The second kappa shape index (κ2) is 32.5. The van der Waals surface area contributed by atoms with Crippen LogP contribution in [0, 0.1) is 0 Å². The third-order valence-electron chi connectivity index (χ3n) is 17.1. The van der Waals surface area contributed by atoms with Crippen molar-refractivity contribution in [2.45, 2.75) is 103 Å². The van der Waals surface area contributed by atoms with E-state index in [9.17, 15) is 58.1 Å². The Morgan fingerprint density at radius 2 is 1.25 bits per heavy atom. The van der Waals surface area contributed by atoms with E-state index in [0.29, 0.717) is 127 Å². The number of guanidine groups is 1. The normalized spacial score (nSPS) is 16.0. The number of benzene rings is 4. The van der Waals surface area contributed by atoms with Crippen molar-refractivity contribution >= 4 is 179 Å². The van der Waals surface area contributed by atoms with Crippen molar-refractivity contribution in [3.05, 3.63) is 117 Å². The average molecular weight is 1490 g/mol. The van der Waals surface area contributed by atoms with Gasteiger partial charge >= 0.3 is 5.91 Å². The molecule has 6 aromatic rings. The van der Waals surface area contributed by atoms with Crippen molar-refractivity contribution in [1.82, 2.24) is 14.5 Å². The molecule has 0 saturated carbocycles. The van der Waals surface area contributed by atoms with E-state index in [0.717, 1.165) is 95.3 Å². The van der Waals surface area contributed by atoms with Gasteiger partial charge in [-0.25, -0.2) is 14.3 Å². The fraction of sp³-hybridized carbons (Fsp3) is 0.364. The van der Waals surface area contributed by atoms with E-state index in [1.807, 2.05) is 58.9 Å². The van der Waals surface area contributed by atoms with Crippen molar-refractivity contribution in [3.8, 4) is 0 Å². The van der Waals surface area contributed by atoms with Gasteiger partial charge in [-0.3, -0.25) is 28.0 Å². The molecule has 2 aromatic heterocycles. The highest BCUT2D eigenvalue weighted by atomic mass is 32.2. The number of fused-ring (bicyclic) bond motifs is 2. The number of carbonyl (C=O) groups is 4. The highest BCUT2D eigenvalue weighted by Crippen LogP contribution is 2.45. The van der Waals surface area contributed by atoms with E-state index in [-0.39, 0.29) is 55.4 Å². The van der Waals surface area contributed by atoms with Gasteiger partial charge in [-0.05, 0) is 170 Å². The molecular formula is C66H77N16O13S6+. The zero-order valence-electron chi connectivity index (χ0n) is 56.2. The summed E-state index contributed by atoms with van der Waals surface area (Å²) in [6, 6.07) is 21.2. The molecule has 29 nitrogen and oxygen atoms in total. The molecule has 4 aliphatic rings. The minimum Gasteiger partial charge on any atom is -0.372 e. The van der Waals surface area contributed by atoms with Crippen LogP contribution in [0.4, 0.5) is 67.4 Å². The van der Waals surface area contributed by atoms with Gasteiger partial charge in [-0.15, -0.1) is 32.2 Å². The van der Waals surface area contributed by atoms with Crippen LogP contribution in [-0.4, -0.2) is 147 Å². The Labute approximate surface area is 597 Å². The number of ketones is 1. The van der Waals surface area contributed by atoms with Crippen LogP contribution in [0.3, 0.4) is 0 Å². The smallest absolute Gasteiger partial charge is 0.357 e. The van der Waals surface area contributed by atoms with Gasteiger partial charge in [-0.1, -0.05) is 41.7 Å². The molecule has 101 heavy (non-hydrogen) atoms. The maximum absolute atomic E-state index is 14.6. The summed E-state index contributed by atoms with van der Waals surface area (Å²) in [5.74, 6) is -1.94. The summed E-state index contributed by atoms with van der Waals surface area (Å²) in [7, 11) is -13.6. The molecule has 3 amide bonds. The van der Waals surface area contributed by atoms with E-state index in [1.54, 1.807) is 12.1 Å². The lowest BCUT2D eigenvalue weighted by Crippen LogP contribution is -2.60. The number of aromatic nitrogens is 2. The molecule has 0 radical (unpaired) electrons. The standard InChI is InChI=1S/C66H76N16O13S6/c1-7-42-34-57(96-32-33-99(87,88)89)71-64(70-54-38-46(80(10-4)11-5)25-27-52(54)76-77-65-73-59(81-28-14-12-15-29-81)55(97-65)39-49(41(6)83)61(84)67-43-20-18-22-47(35-43)100(90,91)92)72-58(42)69-53-37-45(79(8-2)9-3)24-26-51(53)75-78-66-74-60-56(98-66)40-50(63(86)82(60)30-16-13-17-31-82)62(85)68-44-21-19-23-48(36-44)101(93,94)95/h18-27,35-40H,7-17,28-34H2,1-6H3,(H6-,67,68,69,70,72,73,74,77,78,83,84,85,86,87,88,89,90,91,92,93,94,95)/p+1. The summed E-state index contributed by atoms with van der Waals surface area (Å²) in [5.41, 5.74) is 3.61. The molecule has 35 heteroatoms. The number of carbonyl (C=O) groups excluding carboxylic acids is 4. The maximum Gasteiger partial charge on any atom is 0.357 e. The topological polar surface area (TPSA) is 389 Å². The average Bonchev–Trinajstić information content (AvgIpc) is 1.68. The molecule has 534 valence electrons. The monoisotopic (exact) mass is 1490 g/mol. The van der Waals surface area contributed by atoms with Gasteiger partial charge in [0.1, 0.15) is 33.5 Å². The molecule has 0 aliphatic carbocycles. The van der Waals surface area contributed by atoms with Gasteiger partial charge in [0.25, 0.3) is 48.0 Å². The number of anilines is 7. The lowest BCUT2D eigenvalue weighted by molar-refractivity contribution is -0.129. The minimum absolute atomic E-state index is 0.0244. The number of piperidine rings is 2. The first-order valence-electron chi connectivity index (χ1n) is 32.7. The Hall–Kier alpha value is -8.78. The van der Waals surface area contributed by atoms with E-state index in [4.69, 9.17) is 30.2 Å². The first-order valence-corrected chi connectivity index (χ1v) is 39.8. The summed E-state index contributed by atoms with van der Waals surface area (Å²) in [6.45, 7) is 15.9. The number of thiazole rings is 2. The zero-order valence-corrected chi connectivity index (χ0v) is 61.1. The Kier molecular flexibility index (Phi) is 24.1. The van der Waals surface area contributed by atoms with Crippen LogP contribution in [0.5, 0.6) is 0 Å². The fourth-order valence-electron chi connectivity index (χ4n) is 11.9. The highest BCUT2D eigenvalue weighted by molar-refractivity contribution is 8.14. The largest absolute Gasteiger partial charge is 0.372 e. The number of hydrogen-bond acceptors (Lipinski definition) is 26. The third kappa shape index (κ3) is 18.5. The molecule has 7 N–H and O–H groups in total. The number of quaternary nitrogens is 1. The molecule has 0 atom stereocenters. The van der Waals surface area contributed by atoms with Gasteiger partial charge in [0, 0.05) is 74.2 Å². The van der Waals surface area contributed by atoms with Gasteiger partial charge in [0.05, 0.1) is 55.5 Å². The predicted octanol–water partition coefficient (Wildman–Crippen LogP) is 13.2. The van der Waals surface area contributed by atoms with Crippen LogP contribution >= 0.6 is 34.4 Å². The summed E-state index contributed by atoms with van der Waals surface area (Å²) in [6.07, 6.45) is 8.45. The second-order valence-corrected chi connectivity index (χ2v) is 31.3. The zero-order chi connectivity index (χ0) is 72.4. The lowest BCUT2D eigenvalue weighted by Gasteiger charge is -2.38. The minimum atomic E-state index is -4.61. The number of azo groups is 2. The molecular weight excluding hydrogens is 1420 g/mol. The van der Waals surface area contributed by atoms with Crippen LogP contribution in [0.2, 0.25) is 0 Å². The second-order valence-electron chi connectivity index (χ2n) is 23.7. The summed E-state index contributed by atoms with van der Waals surface area (Å²) < 4.78 is 101. The molecule has 4 aliphatic heterocycles. The maximum atomic E-state index is 14.6. The summed E-state index contributed by atoms with van der Waals surface area (Å²) in [5, 5.41) is 31.9. The van der Waals surface area contributed by atoms with Crippen molar-refractivity contribution in [1.29, 1.82) is 0 Å². The van der Waals surface area contributed by atoms with Crippen molar-refractivity contribution in [2.24, 2.45) is 30.4 Å². The number of amides is 3. The third-order valence-corrected chi connectivity index (χ3v) is 22.5. The first-order chi connectivity index (χ1) is 48.2. The number of nitrogens with zero attached hydrogens (tertiary/aromatic N) is 12. The SMILES string of the molecule is CCC1=C(Nc2cc(N(CC)CC)ccc2N=Nc2nc3c(s2)C=C(C(=O)Nc2cccc(S(=O)(=O)O)c2)C(=O)[N+]32CCCCC2)N=C(Nc2cc(N(CC)CC)ccc2N=Nc2nc(N3CCCCC3)c(C=C(C(C)=O)C(=O)Nc3cccc(S(=O)(=O)O)c3)s2)N=C(SCCS(=O)(=O)O)C1. The van der Waals surface area contributed by atoms with E-state index in [2.05, 4.69) is 46.2 Å². The summed E-state index contributed by atoms with van der Waals surface area (Å²) >= 11 is 3.36. The summed E-state index contributed by atoms with van der Waals surface area (Å²) in [4.78, 5) is 82.2. The van der Waals surface area contributed by atoms with E-state index in [1.165, 1.54) is 49.4 Å². The van der Waals surface area contributed by atoms with Gasteiger partial charge in [0.15, 0.2) is 5.78 Å². The van der Waals surface area contributed by atoms with Gasteiger partial charge in [0.2, 0.25) is 16.2 Å². The van der Waals surface area contributed by atoms with Crippen LogP contribution in [0.1, 0.15) is 103 Å². The number of aliphatic imine (C=N–C) groups is 2. The Bertz CT molecular complexity index is 4770. The molecule has 0 unspecified atom stereocenters. The molecule has 6 heterocycles. The Morgan fingerprint density at radius 3 is 1.80 bits per heavy atom. The predicted molar refractivity (Wildman–Crippen MR) is 398 cm³/mol. The highest BCUT2D eigenvalue weighted by Gasteiger charge is 2.50. The number of allylic oxidation sites excluding steroid dienone is 1. The van der Waals surface area contributed by atoms with Crippen molar-refractivity contribution in [2.75, 3.05) is 99.8 Å². The van der Waals surface area contributed by atoms with Crippen LogP contribution in [0.15, 0.2) is 148 Å². The number of rotatable bonds is 26. The molecule has 2 fully saturated rings. The molecule has 2 saturated heterocycles. The lowest BCUT2D eigenvalue weighted by atomic mass is 10.00. The number of Topliss-reactive ketones (excluding diaryl/α,β-unsaturated/α-hetero) is 1. The van der Waals surface area contributed by atoms with Gasteiger partial charge in [-0.2, -0.15) is 40.2 Å². The molecule has 1 spiro atoms. The molecule has 4 aromatic carbocycles. The number of nitrogens with one attached hydrogen (secondary N) is 4. The Balaban J connectivity index is 1.02. The number of hydrogen-bond donors (Lipinski definition) is 7. The van der Waals surface area contributed by atoms with Crippen LogP contribution in [-0.2, 0) is 49.5 Å². The van der Waals surface area contributed by atoms with Gasteiger partial charge < -0.3 is 36.0 Å². The molecule has 10 rings (SSSR count). The molecule has 0 bridgehead atoms. The fourth-order valence-corrected chi connectivity index (χ4v) is 16.5.